The van der Waals surface area contributed by atoms with Crippen LogP contribution in [-0.4, -0.2) is 6.04 Å². The van der Waals surface area contributed by atoms with E-state index in [0.717, 1.165) is 11.6 Å². The zero-order chi connectivity index (χ0) is 12.4. The van der Waals surface area contributed by atoms with Crippen LogP contribution in [0.15, 0.2) is 18.2 Å². The molecule has 3 atom stereocenters. The smallest absolute Gasteiger partial charge is 0.141 e. The first kappa shape index (κ1) is 12.7. The molecule has 3 heteroatoms. The van der Waals surface area contributed by atoms with Crippen molar-refractivity contribution in [1.82, 2.24) is 0 Å². The van der Waals surface area contributed by atoms with Crippen LogP contribution in [0.1, 0.15) is 33.1 Å². The lowest BCUT2D eigenvalue weighted by atomic mass is 9.80. The van der Waals surface area contributed by atoms with Crippen LogP contribution in [0.25, 0.3) is 0 Å². The van der Waals surface area contributed by atoms with Crippen molar-refractivity contribution in [1.29, 1.82) is 0 Å². The lowest BCUT2D eigenvalue weighted by Crippen LogP contribution is -2.32. The summed E-state index contributed by atoms with van der Waals surface area (Å²) >= 11 is 5.78. The number of hydrogen-bond acceptors (Lipinski definition) is 1. The Morgan fingerprint density at radius 2 is 2.06 bits per heavy atom. The minimum Gasteiger partial charge on any atom is -0.382 e. The van der Waals surface area contributed by atoms with Crippen LogP contribution in [-0.2, 0) is 0 Å². The average molecular weight is 256 g/mol. The second-order valence-corrected chi connectivity index (χ2v) is 5.68. The first-order valence-electron chi connectivity index (χ1n) is 6.28. The summed E-state index contributed by atoms with van der Waals surface area (Å²) in [6, 6.07) is 5.32. The van der Waals surface area contributed by atoms with Crippen LogP contribution in [0.5, 0.6) is 0 Å². The minimum atomic E-state index is -0.359. The molecule has 0 amide bonds. The van der Waals surface area contributed by atoms with Crippen molar-refractivity contribution in [3.8, 4) is 0 Å². The van der Waals surface area contributed by atoms with E-state index in [-0.39, 0.29) is 10.8 Å². The third kappa shape index (κ3) is 3.12. The number of rotatable bonds is 2. The monoisotopic (exact) mass is 255 g/mol. The molecule has 3 unspecified atom stereocenters. The fourth-order valence-corrected chi connectivity index (χ4v) is 2.86. The highest BCUT2D eigenvalue weighted by atomic mass is 35.5. The molecule has 1 aliphatic carbocycles. The highest BCUT2D eigenvalue weighted by Gasteiger charge is 2.25. The van der Waals surface area contributed by atoms with Gasteiger partial charge in [0, 0.05) is 11.7 Å². The number of nitrogens with one attached hydrogen (secondary N) is 1. The molecule has 0 bridgehead atoms. The summed E-state index contributed by atoms with van der Waals surface area (Å²) < 4.78 is 13.0. The highest BCUT2D eigenvalue weighted by molar-refractivity contribution is 6.31. The molecule has 1 aromatic rings. The van der Waals surface area contributed by atoms with Crippen LogP contribution in [0.4, 0.5) is 10.1 Å². The van der Waals surface area contributed by atoms with Gasteiger partial charge in [-0.2, -0.15) is 0 Å². The van der Waals surface area contributed by atoms with E-state index >= 15 is 0 Å². The Bertz CT molecular complexity index is 394. The molecule has 1 saturated carbocycles. The van der Waals surface area contributed by atoms with Gasteiger partial charge in [0.05, 0.1) is 5.02 Å². The summed E-state index contributed by atoms with van der Waals surface area (Å²) in [6.45, 7) is 4.58. The van der Waals surface area contributed by atoms with E-state index in [1.165, 1.54) is 25.3 Å². The van der Waals surface area contributed by atoms with Gasteiger partial charge in [-0.25, -0.2) is 4.39 Å². The molecule has 1 nitrogen and oxygen atoms in total. The molecule has 0 aromatic heterocycles. The topological polar surface area (TPSA) is 12.0 Å². The summed E-state index contributed by atoms with van der Waals surface area (Å²) in [5.74, 6) is 1.12. The second-order valence-electron chi connectivity index (χ2n) is 5.28. The van der Waals surface area contributed by atoms with Crippen LogP contribution in [0.3, 0.4) is 0 Å². The maximum atomic E-state index is 13.0. The van der Waals surface area contributed by atoms with Gasteiger partial charge < -0.3 is 5.32 Å². The molecule has 1 N–H and O–H groups in total. The Morgan fingerprint density at radius 1 is 1.29 bits per heavy atom. The third-order valence-corrected chi connectivity index (χ3v) is 3.99. The van der Waals surface area contributed by atoms with Gasteiger partial charge in [-0.3, -0.25) is 0 Å². The van der Waals surface area contributed by atoms with E-state index in [4.69, 9.17) is 11.6 Å². The Labute approximate surface area is 107 Å². The summed E-state index contributed by atoms with van der Waals surface area (Å²) in [5.41, 5.74) is 0.919. The van der Waals surface area contributed by atoms with Gasteiger partial charge >= 0.3 is 0 Å². The summed E-state index contributed by atoms with van der Waals surface area (Å²) in [7, 11) is 0. The first-order valence-corrected chi connectivity index (χ1v) is 6.65. The molecule has 0 aliphatic heterocycles. The van der Waals surface area contributed by atoms with Gasteiger partial charge in [0.2, 0.25) is 0 Å². The maximum Gasteiger partial charge on any atom is 0.141 e. The van der Waals surface area contributed by atoms with Crippen molar-refractivity contribution in [2.75, 3.05) is 5.32 Å². The number of benzene rings is 1. The van der Waals surface area contributed by atoms with Gasteiger partial charge in [0.25, 0.3) is 0 Å². The lowest BCUT2D eigenvalue weighted by molar-refractivity contribution is 0.276. The third-order valence-electron chi connectivity index (χ3n) is 3.70. The van der Waals surface area contributed by atoms with Crippen LogP contribution in [0, 0.1) is 17.7 Å². The Hall–Kier alpha value is -0.760. The van der Waals surface area contributed by atoms with Crippen LogP contribution in [0.2, 0.25) is 5.02 Å². The van der Waals surface area contributed by atoms with Gasteiger partial charge in [-0.1, -0.05) is 25.4 Å². The molecule has 17 heavy (non-hydrogen) atoms. The van der Waals surface area contributed by atoms with E-state index in [9.17, 15) is 4.39 Å². The van der Waals surface area contributed by atoms with Crippen molar-refractivity contribution < 1.29 is 4.39 Å². The first-order chi connectivity index (χ1) is 8.06. The summed E-state index contributed by atoms with van der Waals surface area (Å²) in [4.78, 5) is 0. The molecule has 1 fully saturated rings. The fraction of sp³-hybridized carbons (Fsp3) is 0.571. The molecule has 0 saturated heterocycles. The van der Waals surface area contributed by atoms with Gasteiger partial charge in [0.15, 0.2) is 0 Å². The fourth-order valence-electron chi connectivity index (χ4n) is 2.68. The zero-order valence-corrected chi connectivity index (χ0v) is 11.1. The molecule has 94 valence electrons. The normalized spacial score (nSPS) is 29.1. The lowest BCUT2D eigenvalue weighted by Gasteiger charge is -2.33. The molecule has 0 heterocycles. The summed E-state index contributed by atoms with van der Waals surface area (Å²) in [5, 5.41) is 3.65. The molecule has 1 aliphatic rings. The molecule has 0 spiro atoms. The van der Waals surface area contributed by atoms with Crippen molar-refractivity contribution in [2.45, 2.75) is 39.2 Å². The van der Waals surface area contributed by atoms with Crippen molar-refractivity contribution in [2.24, 2.45) is 11.8 Å². The predicted molar refractivity (Wildman–Crippen MR) is 71.0 cm³/mol. The van der Waals surface area contributed by atoms with Gasteiger partial charge in [-0.15, -0.1) is 0 Å². The molecular formula is C14H19ClFN. The molecule has 2 rings (SSSR count). The second kappa shape index (κ2) is 5.26. The zero-order valence-electron chi connectivity index (χ0n) is 10.3. The van der Waals surface area contributed by atoms with E-state index < -0.39 is 0 Å². The Balaban J connectivity index is 2.02. The Morgan fingerprint density at radius 3 is 2.71 bits per heavy atom. The van der Waals surface area contributed by atoms with Crippen LogP contribution >= 0.6 is 11.6 Å². The standard InChI is InChI=1S/C14H19ClFN/c1-9-3-6-14(10(2)7-9)17-11-4-5-13(16)12(15)8-11/h4-5,8-10,14,17H,3,6-7H2,1-2H3. The average Bonchev–Trinajstić information content (AvgIpc) is 2.27. The highest BCUT2D eigenvalue weighted by Crippen LogP contribution is 2.31. The maximum absolute atomic E-state index is 13.0. The van der Waals surface area contributed by atoms with E-state index in [0.29, 0.717) is 12.0 Å². The summed E-state index contributed by atoms with van der Waals surface area (Å²) in [6.07, 6.45) is 3.70. The SMILES string of the molecule is CC1CCC(Nc2ccc(F)c(Cl)c2)C(C)C1. The largest absolute Gasteiger partial charge is 0.382 e. The van der Waals surface area contributed by atoms with Gasteiger partial charge in [-0.05, 0) is 49.3 Å². The van der Waals surface area contributed by atoms with Crippen molar-refractivity contribution in [3.63, 3.8) is 0 Å². The number of hydrogen-bond donors (Lipinski definition) is 1. The van der Waals surface area contributed by atoms with Gasteiger partial charge in [0.1, 0.15) is 5.82 Å². The number of anilines is 1. The van der Waals surface area contributed by atoms with Crippen molar-refractivity contribution in [3.05, 3.63) is 29.0 Å². The molecular weight excluding hydrogens is 237 g/mol. The van der Waals surface area contributed by atoms with Crippen LogP contribution < -0.4 is 5.32 Å². The predicted octanol–water partition coefficient (Wildman–Crippen LogP) is 4.72. The quantitative estimate of drug-likeness (QED) is 0.807. The van der Waals surface area contributed by atoms with E-state index in [2.05, 4.69) is 19.2 Å². The Kier molecular flexibility index (Phi) is 3.93. The van der Waals surface area contributed by atoms with Crippen molar-refractivity contribution >= 4 is 17.3 Å². The number of halogens is 2. The molecule has 0 radical (unpaired) electrons. The van der Waals surface area contributed by atoms with E-state index in [1.807, 2.05) is 0 Å². The van der Waals surface area contributed by atoms with E-state index in [1.54, 1.807) is 12.1 Å². The minimum absolute atomic E-state index is 0.187. The molecule has 1 aromatic carbocycles.